The van der Waals surface area contributed by atoms with Gasteiger partial charge in [-0.2, -0.15) is 0 Å². The molecule has 0 spiro atoms. The number of unbranched alkanes of at least 4 members (excludes halogenated alkanes) is 10. The number of aromatic nitrogens is 5. The van der Waals surface area contributed by atoms with E-state index in [1.807, 2.05) is 29.5 Å². The van der Waals surface area contributed by atoms with Crippen LogP contribution in [0.1, 0.15) is 138 Å². The average Bonchev–Trinajstić information content (AvgIpc) is 1.57. The third-order valence-corrected chi connectivity index (χ3v) is 20.8. The molecule has 458 valence electrons. The van der Waals surface area contributed by atoms with Gasteiger partial charge < -0.3 is 15.1 Å². The van der Waals surface area contributed by atoms with Gasteiger partial charge in [0.2, 0.25) is 0 Å². The Morgan fingerprint density at radius 1 is 0.366 bits per heavy atom. The van der Waals surface area contributed by atoms with Gasteiger partial charge >= 0.3 is 0 Å². The minimum atomic E-state index is -0.207. The summed E-state index contributed by atoms with van der Waals surface area (Å²) in [4.78, 5) is 26.3. The fraction of sp³-hybridized carbons (Fsp3) is 0.198. The summed E-state index contributed by atoms with van der Waals surface area (Å²) in [7, 11) is 0. The Hall–Kier alpha value is -9.95. The van der Waals surface area contributed by atoms with Crippen molar-refractivity contribution in [3.05, 3.63) is 252 Å². The van der Waals surface area contributed by atoms with Gasteiger partial charge in [0.05, 0.1) is 28.3 Å². The van der Waals surface area contributed by atoms with Crippen molar-refractivity contribution in [2.75, 3.05) is 0 Å². The Kier molecular flexibility index (Phi) is 16.8. The highest BCUT2D eigenvalue weighted by molar-refractivity contribution is 7.18. The van der Waals surface area contributed by atoms with Crippen molar-refractivity contribution in [2.24, 2.45) is 0 Å². The molecule has 0 amide bonds. The molecule has 93 heavy (non-hydrogen) atoms. The monoisotopic (exact) mass is 1230 g/mol. The lowest BCUT2D eigenvalue weighted by atomic mass is 9.70. The van der Waals surface area contributed by atoms with Crippen LogP contribution < -0.4 is 5.11 Å². The molecule has 0 fully saturated rings. The molecular formula is C86H76N5OS-. The summed E-state index contributed by atoms with van der Waals surface area (Å²) in [5.41, 5.74) is 26.7. The van der Waals surface area contributed by atoms with Crippen molar-refractivity contribution in [2.45, 2.75) is 109 Å². The predicted molar refractivity (Wildman–Crippen MR) is 392 cm³/mol. The molecule has 0 saturated carbocycles. The molecule has 3 aliphatic rings. The van der Waals surface area contributed by atoms with E-state index >= 15 is 0 Å². The third-order valence-electron chi connectivity index (χ3n) is 19.6. The predicted octanol–water partition coefficient (Wildman–Crippen LogP) is 23.8. The maximum atomic E-state index is 12.7. The molecule has 2 aliphatic heterocycles. The van der Waals surface area contributed by atoms with Gasteiger partial charge in [0.1, 0.15) is 0 Å². The van der Waals surface area contributed by atoms with Gasteiger partial charge in [-0.15, -0.1) is 11.3 Å². The zero-order valence-corrected chi connectivity index (χ0v) is 54.0. The fourth-order valence-corrected chi connectivity index (χ4v) is 16.0. The molecule has 7 heteroatoms. The fourth-order valence-electron chi connectivity index (χ4n) is 15.0. The first kappa shape index (κ1) is 59.4. The SMILES string of the molecule is CCCCCCCCC1(CCCCCCCC)c2cc(-c3ccc(-c4ccc(-c5ccc([O-])c6ncccc56)cc4)s3)ccc2-c2ccc(-c3c4nc(c(-c5ccccc5)c5ccc([nH]5)c(-c5ccccc5)c5nc(c(-c6ccccc6)c6ccc3[nH]6)C=C5)C=C4)cc21. The molecule has 7 aromatic carbocycles. The summed E-state index contributed by atoms with van der Waals surface area (Å²) < 4.78 is 0. The number of fused-ring (bicyclic) bond motifs is 12. The Labute approximate surface area is 550 Å². The van der Waals surface area contributed by atoms with Gasteiger partial charge in [-0.25, -0.2) is 9.97 Å². The first-order chi connectivity index (χ1) is 45.9. The van der Waals surface area contributed by atoms with E-state index in [9.17, 15) is 5.11 Å². The Bertz CT molecular complexity index is 4900. The van der Waals surface area contributed by atoms with E-state index in [0.717, 1.165) is 119 Å². The highest BCUT2D eigenvalue weighted by atomic mass is 32.1. The average molecular weight is 1230 g/mol. The van der Waals surface area contributed by atoms with Crippen LogP contribution in [0, 0.1) is 0 Å². The lowest BCUT2D eigenvalue weighted by Gasteiger charge is -2.33. The summed E-state index contributed by atoms with van der Waals surface area (Å²) in [6, 6.07) is 76.8. The number of nitrogens with one attached hydrogen (secondary N) is 2. The molecule has 5 aromatic heterocycles. The van der Waals surface area contributed by atoms with E-state index in [-0.39, 0.29) is 11.2 Å². The van der Waals surface area contributed by atoms with E-state index < -0.39 is 0 Å². The minimum Gasteiger partial charge on any atom is -0.871 e. The second-order valence-corrected chi connectivity index (χ2v) is 26.6. The normalized spacial score (nSPS) is 12.8. The number of benzene rings is 7. The van der Waals surface area contributed by atoms with Crippen LogP contribution >= 0.6 is 11.3 Å². The van der Waals surface area contributed by atoms with E-state index in [2.05, 4.69) is 241 Å². The lowest BCUT2D eigenvalue weighted by molar-refractivity contribution is -0.266. The van der Waals surface area contributed by atoms with Crippen molar-refractivity contribution in [3.63, 3.8) is 0 Å². The van der Waals surface area contributed by atoms with Crippen molar-refractivity contribution in [3.8, 4) is 93.4 Å². The number of pyridine rings is 1. The van der Waals surface area contributed by atoms with Gasteiger partial charge in [0.15, 0.2) is 0 Å². The topological polar surface area (TPSA) is 93.3 Å². The van der Waals surface area contributed by atoms with Gasteiger partial charge in [-0.05, 0) is 159 Å². The smallest absolute Gasteiger partial charge is 0.0737 e. The van der Waals surface area contributed by atoms with Crippen LogP contribution in [-0.4, -0.2) is 24.9 Å². The second-order valence-electron chi connectivity index (χ2n) is 25.5. The van der Waals surface area contributed by atoms with Crippen molar-refractivity contribution in [1.29, 1.82) is 0 Å². The summed E-state index contributed by atoms with van der Waals surface area (Å²) >= 11 is 1.86. The Morgan fingerprint density at radius 2 is 0.774 bits per heavy atom. The minimum absolute atomic E-state index is 0.0520. The van der Waals surface area contributed by atoms with Crippen LogP contribution in [0.5, 0.6) is 5.75 Å². The molecule has 2 N–H and O–H groups in total. The van der Waals surface area contributed by atoms with E-state index in [1.54, 1.807) is 12.3 Å². The highest BCUT2D eigenvalue weighted by Crippen LogP contribution is 2.57. The van der Waals surface area contributed by atoms with Crippen molar-refractivity contribution in [1.82, 2.24) is 24.9 Å². The Morgan fingerprint density at radius 3 is 1.27 bits per heavy atom. The van der Waals surface area contributed by atoms with E-state index in [4.69, 9.17) is 9.97 Å². The van der Waals surface area contributed by atoms with Gasteiger partial charge in [-0.3, -0.25) is 4.98 Å². The molecule has 8 bridgehead atoms. The quantitative estimate of drug-likeness (QED) is 0.0701. The molecule has 6 nitrogen and oxygen atoms in total. The van der Waals surface area contributed by atoms with Crippen molar-refractivity contribution >= 4 is 68.6 Å². The second kappa shape index (κ2) is 26.3. The van der Waals surface area contributed by atoms with Crippen LogP contribution in [0.4, 0.5) is 0 Å². The van der Waals surface area contributed by atoms with Gasteiger partial charge in [0, 0.05) is 71.1 Å². The summed E-state index contributed by atoms with van der Waals surface area (Å²) in [6.45, 7) is 4.64. The lowest BCUT2D eigenvalue weighted by Crippen LogP contribution is -2.25. The number of H-pyrrole nitrogens is 2. The standard InChI is InChI=1S/C86H77N5OS/c1-3-5-7-9-11-22-52-86(53-23-12-10-8-6-4-2)68-55-62(80-51-50-79(93-80)58-34-32-57(33-35-58)64-40-49-78(92)85-67(64)31-24-54-87-85)36-38-65(68)66-39-37-63(56-69(66)86)84-76-47-45-74(90-76)82(60-27-18-14-19-28-60)72-43-41-70(88-72)81(59-25-16-13-17-26-59)71-42-44-73(89-71)83(61-29-20-15-21-30-61)75-46-48-77(84)91-75/h13-21,24-51,54-56,88,91-92H,3-12,22-23,52-53H2,1-2H3/p-1. The molecule has 0 unspecified atom stereocenters. The van der Waals surface area contributed by atoms with E-state index in [0.29, 0.717) is 5.52 Å². The highest BCUT2D eigenvalue weighted by Gasteiger charge is 2.43. The maximum Gasteiger partial charge on any atom is 0.0737 e. The number of hydrogen-bond donors (Lipinski definition) is 2. The molecule has 0 saturated heterocycles. The van der Waals surface area contributed by atoms with Crippen LogP contribution in [0.3, 0.4) is 0 Å². The zero-order valence-electron chi connectivity index (χ0n) is 53.2. The molecule has 0 radical (unpaired) electrons. The summed E-state index contributed by atoms with van der Waals surface area (Å²) in [5.74, 6) is -0.0520. The first-order valence-electron chi connectivity index (χ1n) is 33.8. The molecule has 15 rings (SSSR count). The summed E-state index contributed by atoms with van der Waals surface area (Å²) in [5, 5.41) is 13.6. The van der Waals surface area contributed by atoms with Crippen LogP contribution in [0.15, 0.2) is 219 Å². The number of thiophene rings is 1. The van der Waals surface area contributed by atoms with Crippen molar-refractivity contribution < 1.29 is 5.11 Å². The summed E-state index contributed by atoms with van der Waals surface area (Å²) in [6.07, 6.45) is 27.6. The molecular weight excluding hydrogens is 1150 g/mol. The van der Waals surface area contributed by atoms with Gasteiger partial charge in [-0.1, -0.05) is 254 Å². The third kappa shape index (κ3) is 11.6. The molecule has 0 atom stereocenters. The number of aromatic amines is 2. The number of rotatable bonds is 21. The number of hydrogen-bond acceptors (Lipinski definition) is 5. The largest absolute Gasteiger partial charge is 0.871 e. The molecule has 7 heterocycles. The Balaban J connectivity index is 0.905. The maximum absolute atomic E-state index is 12.7. The van der Waals surface area contributed by atoms with Gasteiger partial charge in [0.25, 0.3) is 0 Å². The molecule has 1 aliphatic carbocycles. The van der Waals surface area contributed by atoms with E-state index in [1.165, 1.54) is 120 Å². The number of nitrogens with zero attached hydrogens (tertiary/aromatic N) is 3. The van der Waals surface area contributed by atoms with Crippen LogP contribution in [0.2, 0.25) is 0 Å². The zero-order chi connectivity index (χ0) is 62.7. The van der Waals surface area contributed by atoms with Crippen LogP contribution in [-0.2, 0) is 5.41 Å². The van der Waals surface area contributed by atoms with Crippen LogP contribution in [0.25, 0.3) is 145 Å². The molecule has 12 aromatic rings. The first-order valence-corrected chi connectivity index (χ1v) is 34.6.